The number of halogens is 1. The Balaban J connectivity index is 0.00000208. The van der Waals surface area contributed by atoms with Crippen LogP contribution in [-0.4, -0.2) is 50.9 Å². The van der Waals surface area contributed by atoms with Gasteiger partial charge in [0.15, 0.2) is 5.76 Å². The van der Waals surface area contributed by atoms with Crippen molar-refractivity contribution in [2.75, 3.05) is 26.2 Å². The molecular weight excluding hydrogens is 354 g/mol. The predicted molar refractivity (Wildman–Crippen MR) is 92.0 cm³/mol. The molecule has 9 heteroatoms. The first kappa shape index (κ1) is 19.2. The molecule has 1 aromatic heterocycles. The summed E-state index contributed by atoms with van der Waals surface area (Å²) in [5.74, 6) is -0.0284. The minimum Gasteiger partial charge on any atom is -0.455 e. The van der Waals surface area contributed by atoms with Crippen LogP contribution in [0.3, 0.4) is 0 Å². The second-order valence-electron chi connectivity index (χ2n) is 6.16. The van der Waals surface area contributed by atoms with Gasteiger partial charge in [-0.2, -0.15) is 4.31 Å². The van der Waals surface area contributed by atoms with Crippen molar-refractivity contribution >= 4 is 28.3 Å². The van der Waals surface area contributed by atoms with Gasteiger partial charge in [-0.3, -0.25) is 4.79 Å². The molecule has 136 valence electrons. The van der Waals surface area contributed by atoms with E-state index in [4.69, 9.17) is 4.42 Å². The van der Waals surface area contributed by atoms with Crippen LogP contribution in [0.2, 0.25) is 0 Å². The van der Waals surface area contributed by atoms with E-state index in [9.17, 15) is 13.2 Å². The quantitative estimate of drug-likeness (QED) is 0.824. The zero-order valence-electron chi connectivity index (χ0n) is 13.7. The summed E-state index contributed by atoms with van der Waals surface area (Å²) in [5, 5.41) is 6.11. The number of nitrogens with one attached hydrogen (secondary N) is 2. The van der Waals surface area contributed by atoms with E-state index in [2.05, 4.69) is 10.6 Å². The van der Waals surface area contributed by atoms with Crippen LogP contribution in [0.4, 0.5) is 0 Å². The molecule has 2 saturated heterocycles. The summed E-state index contributed by atoms with van der Waals surface area (Å²) in [6, 6.07) is 1.41. The van der Waals surface area contributed by atoms with Crippen LogP contribution in [0.1, 0.15) is 42.0 Å². The first-order valence-corrected chi connectivity index (χ1v) is 9.54. The van der Waals surface area contributed by atoms with Gasteiger partial charge in [0.05, 0.1) is 0 Å². The molecule has 0 aromatic carbocycles. The highest BCUT2D eigenvalue weighted by molar-refractivity contribution is 7.89. The largest absolute Gasteiger partial charge is 0.455 e. The number of hydrogen-bond donors (Lipinski definition) is 2. The lowest BCUT2D eigenvalue weighted by molar-refractivity contribution is 0.0901. The van der Waals surface area contributed by atoms with Gasteiger partial charge in [-0.1, -0.05) is 0 Å². The molecule has 1 amide bonds. The molecule has 0 spiro atoms. The molecule has 1 aromatic rings. The van der Waals surface area contributed by atoms with Gasteiger partial charge in [0, 0.05) is 31.7 Å². The van der Waals surface area contributed by atoms with Crippen LogP contribution in [0.5, 0.6) is 0 Å². The molecule has 0 aliphatic carbocycles. The number of amides is 1. The number of rotatable bonds is 4. The number of carbonyl (C=O) groups is 1. The molecule has 1 atom stereocenters. The summed E-state index contributed by atoms with van der Waals surface area (Å²) in [4.78, 5) is 12.4. The van der Waals surface area contributed by atoms with Gasteiger partial charge < -0.3 is 15.1 Å². The Kier molecular flexibility index (Phi) is 6.30. The first-order chi connectivity index (χ1) is 11.0. The summed E-state index contributed by atoms with van der Waals surface area (Å²) in [6.45, 7) is 4.33. The molecule has 0 radical (unpaired) electrons. The lowest BCUT2D eigenvalue weighted by Gasteiger charge is -2.23. The van der Waals surface area contributed by atoms with E-state index in [0.717, 1.165) is 38.8 Å². The predicted octanol–water partition coefficient (Wildman–Crippen LogP) is 1.28. The number of hydrogen-bond acceptors (Lipinski definition) is 5. The number of aryl methyl sites for hydroxylation is 1. The highest BCUT2D eigenvalue weighted by Crippen LogP contribution is 2.26. The van der Waals surface area contributed by atoms with Crippen LogP contribution in [0.15, 0.2) is 15.4 Å². The Morgan fingerprint density at radius 3 is 2.67 bits per heavy atom. The van der Waals surface area contributed by atoms with E-state index in [1.54, 1.807) is 6.92 Å². The third kappa shape index (κ3) is 3.93. The summed E-state index contributed by atoms with van der Waals surface area (Å²) in [5.41, 5.74) is 0. The van der Waals surface area contributed by atoms with Crippen molar-refractivity contribution in [3.63, 3.8) is 0 Å². The standard InChI is InChI=1S/C15H23N3O4S.ClH/c1-11-14(23(20,21)18-7-2-3-8-18)9-13(22-11)15(19)17-12-5-4-6-16-10-12;/h9,12,16H,2-8,10H2,1H3,(H,17,19);1H/t12-;/m0./s1. The summed E-state index contributed by atoms with van der Waals surface area (Å²) in [6.07, 6.45) is 3.67. The number of carbonyl (C=O) groups excluding carboxylic acids is 1. The highest BCUT2D eigenvalue weighted by Gasteiger charge is 2.32. The fraction of sp³-hybridized carbons (Fsp3) is 0.667. The molecule has 2 aliphatic rings. The molecule has 2 N–H and O–H groups in total. The molecule has 0 bridgehead atoms. The van der Waals surface area contributed by atoms with Gasteiger partial charge in [0.2, 0.25) is 10.0 Å². The van der Waals surface area contributed by atoms with Gasteiger partial charge in [-0.05, 0) is 39.2 Å². The maximum Gasteiger partial charge on any atom is 0.287 e. The van der Waals surface area contributed by atoms with Gasteiger partial charge in [-0.15, -0.1) is 12.4 Å². The molecule has 0 unspecified atom stereocenters. The first-order valence-electron chi connectivity index (χ1n) is 8.10. The molecule has 2 aliphatic heterocycles. The summed E-state index contributed by atoms with van der Waals surface area (Å²) in [7, 11) is -3.57. The van der Waals surface area contributed by atoms with Gasteiger partial charge in [0.1, 0.15) is 10.7 Å². The summed E-state index contributed by atoms with van der Waals surface area (Å²) < 4.78 is 32.1. The molecule has 2 fully saturated rings. The van der Waals surface area contributed by atoms with Crippen molar-refractivity contribution in [2.45, 2.75) is 43.5 Å². The average Bonchev–Trinajstić information content (AvgIpc) is 3.18. The molecule has 7 nitrogen and oxygen atoms in total. The second kappa shape index (κ2) is 7.86. The zero-order valence-corrected chi connectivity index (χ0v) is 15.3. The van der Waals surface area contributed by atoms with Crippen LogP contribution >= 0.6 is 12.4 Å². The van der Waals surface area contributed by atoms with E-state index in [1.165, 1.54) is 10.4 Å². The van der Waals surface area contributed by atoms with Crippen molar-refractivity contribution in [3.8, 4) is 0 Å². The van der Waals surface area contributed by atoms with Crippen molar-refractivity contribution in [1.29, 1.82) is 0 Å². The second-order valence-corrected chi connectivity index (χ2v) is 8.07. The third-order valence-electron chi connectivity index (χ3n) is 4.41. The lowest BCUT2D eigenvalue weighted by Crippen LogP contribution is -2.45. The van der Waals surface area contributed by atoms with Crippen LogP contribution in [-0.2, 0) is 10.0 Å². The third-order valence-corrected chi connectivity index (χ3v) is 6.42. The topological polar surface area (TPSA) is 91.6 Å². The molecule has 3 rings (SSSR count). The Morgan fingerprint density at radius 2 is 2.04 bits per heavy atom. The maximum atomic E-state index is 12.6. The summed E-state index contributed by atoms with van der Waals surface area (Å²) >= 11 is 0. The minimum atomic E-state index is -3.57. The normalized spacial score (nSPS) is 22.1. The van der Waals surface area contributed by atoms with Crippen LogP contribution in [0, 0.1) is 6.92 Å². The number of sulfonamides is 1. The number of furan rings is 1. The van der Waals surface area contributed by atoms with Gasteiger partial charge >= 0.3 is 0 Å². The minimum absolute atomic E-state index is 0. The van der Waals surface area contributed by atoms with E-state index in [1.807, 2.05) is 0 Å². The monoisotopic (exact) mass is 377 g/mol. The Morgan fingerprint density at radius 1 is 1.33 bits per heavy atom. The molecule has 0 saturated carbocycles. The van der Waals surface area contributed by atoms with Crippen molar-refractivity contribution in [1.82, 2.24) is 14.9 Å². The van der Waals surface area contributed by atoms with E-state index in [-0.39, 0.29) is 40.8 Å². The van der Waals surface area contributed by atoms with E-state index in [0.29, 0.717) is 13.1 Å². The van der Waals surface area contributed by atoms with Crippen LogP contribution in [0.25, 0.3) is 0 Å². The number of piperidine rings is 1. The van der Waals surface area contributed by atoms with Crippen LogP contribution < -0.4 is 10.6 Å². The molecular formula is C15H24ClN3O4S. The van der Waals surface area contributed by atoms with E-state index < -0.39 is 10.0 Å². The Labute approximate surface area is 148 Å². The van der Waals surface area contributed by atoms with Gasteiger partial charge in [0.25, 0.3) is 5.91 Å². The molecule has 24 heavy (non-hydrogen) atoms. The highest BCUT2D eigenvalue weighted by atomic mass is 35.5. The molecule has 3 heterocycles. The SMILES string of the molecule is Cc1oc(C(=O)N[C@H]2CCCNC2)cc1S(=O)(=O)N1CCCC1.Cl. The lowest BCUT2D eigenvalue weighted by atomic mass is 10.1. The van der Waals surface area contributed by atoms with Crippen molar-refractivity contribution < 1.29 is 17.6 Å². The zero-order chi connectivity index (χ0) is 16.4. The fourth-order valence-corrected chi connectivity index (χ4v) is 4.81. The van der Waals surface area contributed by atoms with Crippen molar-refractivity contribution in [3.05, 3.63) is 17.6 Å². The maximum absolute atomic E-state index is 12.6. The smallest absolute Gasteiger partial charge is 0.287 e. The fourth-order valence-electron chi connectivity index (χ4n) is 3.13. The average molecular weight is 378 g/mol. The van der Waals surface area contributed by atoms with Gasteiger partial charge in [-0.25, -0.2) is 8.42 Å². The Bertz CT molecular complexity index is 677. The van der Waals surface area contributed by atoms with E-state index >= 15 is 0 Å². The number of nitrogens with zero attached hydrogens (tertiary/aromatic N) is 1. The van der Waals surface area contributed by atoms with Crippen molar-refractivity contribution in [2.24, 2.45) is 0 Å². The Hall–Kier alpha value is -1.09.